The molecule has 1 aliphatic heterocycles. The molecule has 0 aliphatic carbocycles. The molecule has 0 N–H and O–H groups in total. The number of nitro benzene ring substituents is 1. The molecule has 1 aliphatic rings. The molecule has 0 spiro atoms. The number of carbonyl (C=O) groups excluding carboxylic acids is 2. The van der Waals surface area contributed by atoms with Crippen LogP contribution in [-0.4, -0.2) is 59.8 Å². The quantitative estimate of drug-likeness (QED) is 0.559. The fourth-order valence-electron chi connectivity index (χ4n) is 3.09. The molecule has 1 fully saturated rings. The number of hydrogen-bond donors (Lipinski definition) is 0. The first-order valence-electron chi connectivity index (χ1n) is 8.68. The zero-order chi connectivity index (χ0) is 21.1. The van der Waals surface area contributed by atoms with Crippen molar-refractivity contribution in [3.63, 3.8) is 0 Å². The van der Waals surface area contributed by atoms with Crippen molar-refractivity contribution >= 4 is 29.1 Å². The van der Waals surface area contributed by atoms with Crippen LogP contribution < -0.4 is 4.74 Å². The van der Waals surface area contributed by atoms with Crippen LogP contribution in [0.5, 0.6) is 5.75 Å². The number of halogens is 2. The van der Waals surface area contributed by atoms with Gasteiger partial charge in [0.25, 0.3) is 17.5 Å². The van der Waals surface area contributed by atoms with Crippen LogP contribution in [-0.2, 0) is 0 Å². The summed E-state index contributed by atoms with van der Waals surface area (Å²) in [4.78, 5) is 38.9. The van der Waals surface area contributed by atoms with E-state index in [0.717, 1.165) is 12.1 Å². The Morgan fingerprint density at radius 2 is 1.62 bits per heavy atom. The first kappa shape index (κ1) is 20.5. The molecule has 2 amide bonds. The van der Waals surface area contributed by atoms with E-state index in [1.54, 1.807) is 0 Å². The molecular formula is C19H17ClFN3O5. The van der Waals surface area contributed by atoms with Crippen LogP contribution in [0.15, 0.2) is 36.4 Å². The fraction of sp³-hybridized carbons (Fsp3) is 0.263. The first-order chi connectivity index (χ1) is 13.8. The summed E-state index contributed by atoms with van der Waals surface area (Å²) in [6, 6.07) is 7.37. The van der Waals surface area contributed by atoms with E-state index in [1.165, 1.54) is 41.2 Å². The van der Waals surface area contributed by atoms with Gasteiger partial charge in [0.2, 0.25) is 0 Å². The second kappa shape index (κ2) is 8.44. The summed E-state index contributed by atoms with van der Waals surface area (Å²) in [5, 5.41) is 11.0. The molecule has 152 valence electrons. The maximum atomic E-state index is 13.2. The van der Waals surface area contributed by atoms with E-state index in [1.807, 2.05) is 0 Å². The van der Waals surface area contributed by atoms with E-state index >= 15 is 0 Å². The first-order valence-corrected chi connectivity index (χ1v) is 9.05. The Labute approximate surface area is 170 Å². The standard InChI is InChI=1S/C19H17ClFN3O5/c1-29-17-5-3-13(24(27)28)11-15(17)19(26)23-8-6-22(7-9-23)18(25)14-4-2-12(21)10-16(14)20/h2-5,10-11H,6-9H2,1H3. The average Bonchev–Trinajstić information content (AvgIpc) is 2.72. The number of benzene rings is 2. The summed E-state index contributed by atoms with van der Waals surface area (Å²) < 4.78 is 18.3. The van der Waals surface area contributed by atoms with Crippen LogP contribution in [0, 0.1) is 15.9 Å². The molecule has 1 saturated heterocycles. The van der Waals surface area contributed by atoms with E-state index in [2.05, 4.69) is 0 Å². The number of hydrogen-bond acceptors (Lipinski definition) is 5. The molecule has 3 rings (SSSR count). The Balaban J connectivity index is 1.72. The van der Waals surface area contributed by atoms with Gasteiger partial charge in [0.1, 0.15) is 11.6 Å². The monoisotopic (exact) mass is 421 g/mol. The molecule has 0 unspecified atom stereocenters. The molecule has 2 aromatic carbocycles. The van der Waals surface area contributed by atoms with Gasteiger partial charge < -0.3 is 14.5 Å². The van der Waals surface area contributed by atoms with Crippen molar-refractivity contribution in [2.45, 2.75) is 0 Å². The highest BCUT2D eigenvalue weighted by molar-refractivity contribution is 6.33. The number of non-ortho nitro benzene ring substituents is 1. The lowest BCUT2D eigenvalue weighted by Crippen LogP contribution is -2.50. The molecule has 0 radical (unpaired) electrons. The summed E-state index contributed by atoms with van der Waals surface area (Å²) in [6.45, 7) is 0.954. The molecule has 0 bridgehead atoms. The maximum Gasteiger partial charge on any atom is 0.270 e. The Morgan fingerprint density at radius 1 is 1.03 bits per heavy atom. The number of nitrogens with zero attached hydrogens (tertiary/aromatic N) is 3. The predicted molar refractivity (Wildman–Crippen MR) is 103 cm³/mol. The number of carbonyl (C=O) groups is 2. The number of rotatable bonds is 4. The van der Waals surface area contributed by atoms with Crippen LogP contribution in [0.3, 0.4) is 0 Å². The largest absolute Gasteiger partial charge is 0.496 e. The van der Waals surface area contributed by atoms with Gasteiger partial charge in [-0.2, -0.15) is 0 Å². The molecule has 0 aromatic heterocycles. The smallest absolute Gasteiger partial charge is 0.270 e. The van der Waals surface area contributed by atoms with Crippen molar-refractivity contribution in [2.75, 3.05) is 33.3 Å². The molecular weight excluding hydrogens is 405 g/mol. The minimum absolute atomic E-state index is 0.0230. The predicted octanol–water partition coefficient (Wildman–Crippen LogP) is 2.99. The van der Waals surface area contributed by atoms with E-state index in [-0.39, 0.29) is 59.7 Å². The van der Waals surface area contributed by atoms with Gasteiger partial charge in [-0.25, -0.2) is 4.39 Å². The summed E-state index contributed by atoms with van der Waals surface area (Å²) in [5.41, 5.74) is 0.0603. The van der Waals surface area contributed by atoms with Crippen molar-refractivity contribution in [1.29, 1.82) is 0 Å². The number of methoxy groups -OCH3 is 1. The van der Waals surface area contributed by atoms with Crippen molar-refractivity contribution < 1.29 is 23.6 Å². The van der Waals surface area contributed by atoms with E-state index in [9.17, 15) is 24.1 Å². The molecule has 0 saturated carbocycles. The zero-order valence-corrected chi connectivity index (χ0v) is 16.2. The third-order valence-corrected chi connectivity index (χ3v) is 4.95. The highest BCUT2D eigenvalue weighted by atomic mass is 35.5. The lowest BCUT2D eigenvalue weighted by molar-refractivity contribution is -0.384. The Morgan fingerprint density at radius 3 is 2.14 bits per heavy atom. The highest BCUT2D eigenvalue weighted by Gasteiger charge is 2.28. The van der Waals surface area contributed by atoms with E-state index < -0.39 is 16.6 Å². The van der Waals surface area contributed by atoms with Crippen LogP contribution in [0.2, 0.25) is 5.02 Å². The van der Waals surface area contributed by atoms with Gasteiger partial charge in [-0.15, -0.1) is 0 Å². The average molecular weight is 422 g/mol. The van der Waals surface area contributed by atoms with Gasteiger partial charge in [-0.05, 0) is 24.3 Å². The van der Waals surface area contributed by atoms with Gasteiger partial charge >= 0.3 is 0 Å². The van der Waals surface area contributed by atoms with Crippen LogP contribution in [0.1, 0.15) is 20.7 Å². The van der Waals surface area contributed by atoms with E-state index in [0.29, 0.717) is 0 Å². The maximum absolute atomic E-state index is 13.2. The Bertz CT molecular complexity index is 976. The number of nitro groups is 1. The molecule has 1 heterocycles. The minimum Gasteiger partial charge on any atom is -0.496 e. The third kappa shape index (κ3) is 4.29. The SMILES string of the molecule is COc1ccc([N+](=O)[O-])cc1C(=O)N1CCN(C(=O)c2ccc(F)cc2Cl)CC1. The third-order valence-electron chi connectivity index (χ3n) is 4.64. The normalized spacial score (nSPS) is 13.9. The topological polar surface area (TPSA) is 93.0 Å². The van der Waals surface area contributed by atoms with Gasteiger partial charge in [-0.3, -0.25) is 19.7 Å². The van der Waals surface area contributed by atoms with Gasteiger partial charge in [-0.1, -0.05) is 11.6 Å². The number of piperazine rings is 1. The van der Waals surface area contributed by atoms with Gasteiger partial charge in [0, 0.05) is 38.3 Å². The molecule has 2 aromatic rings. The molecule has 10 heteroatoms. The van der Waals surface area contributed by atoms with Crippen molar-refractivity contribution in [3.8, 4) is 5.75 Å². The number of amides is 2. The second-order valence-electron chi connectivity index (χ2n) is 6.35. The summed E-state index contributed by atoms with van der Waals surface area (Å²) in [6.07, 6.45) is 0. The van der Waals surface area contributed by atoms with Crippen LogP contribution >= 0.6 is 11.6 Å². The van der Waals surface area contributed by atoms with Crippen molar-refractivity contribution in [1.82, 2.24) is 9.80 Å². The molecule has 8 nitrogen and oxygen atoms in total. The van der Waals surface area contributed by atoms with Crippen molar-refractivity contribution in [3.05, 3.63) is 68.5 Å². The molecule has 0 atom stereocenters. The van der Waals surface area contributed by atoms with Gasteiger partial charge in [0.05, 0.1) is 28.2 Å². The Kier molecular flexibility index (Phi) is 5.97. The van der Waals surface area contributed by atoms with Gasteiger partial charge in [0.15, 0.2) is 0 Å². The minimum atomic E-state index is -0.584. The summed E-state index contributed by atoms with van der Waals surface area (Å²) >= 11 is 5.96. The highest BCUT2D eigenvalue weighted by Crippen LogP contribution is 2.26. The van der Waals surface area contributed by atoms with Crippen LogP contribution in [0.25, 0.3) is 0 Å². The Hall–Kier alpha value is -3.20. The summed E-state index contributed by atoms with van der Waals surface area (Å²) in [5.74, 6) is -1.07. The number of ether oxygens (including phenoxy) is 1. The second-order valence-corrected chi connectivity index (χ2v) is 6.76. The molecule has 29 heavy (non-hydrogen) atoms. The lowest BCUT2D eigenvalue weighted by atomic mass is 10.1. The lowest BCUT2D eigenvalue weighted by Gasteiger charge is -2.35. The zero-order valence-electron chi connectivity index (χ0n) is 15.4. The fourth-order valence-corrected chi connectivity index (χ4v) is 3.34. The van der Waals surface area contributed by atoms with Crippen molar-refractivity contribution in [2.24, 2.45) is 0 Å². The summed E-state index contributed by atoms with van der Waals surface area (Å²) in [7, 11) is 1.38. The van der Waals surface area contributed by atoms with E-state index in [4.69, 9.17) is 16.3 Å². The van der Waals surface area contributed by atoms with Crippen LogP contribution in [0.4, 0.5) is 10.1 Å².